The van der Waals surface area contributed by atoms with Crippen LogP contribution in [0, 0.1) is 0 Å². The Hall–Kier alpha value is -2.76. The third-order valence-corrected chi connectivity index (χ3v) is 9.53. The van der Waals surface area contributed by atoms with Crippen LogP contribution in [0.3, 0.4) is 0 Å². The van der Waals surface area contributed by atoms with E-state index in [-0.39, 0.29) is 23.6 Å². The summed E-state index contributed by atoms with van der Waals surface area (Å²) in [5.74, 6) is 0.180. The number of hydrogen-bond acceptors (Lipinski definition) is 8. The Labute approximate surface area is 210 Å². The molecule has 3 rings (SSSR count). The molecule has 1 heterocycles. The number of rotatable bonds is 11. The van der Waals surface area contributed by atoms with E-state index < -0.39 is 20.5 Å². The Morgan fingerprint density at radius 1 is 1.06 bits per heavy atom. The van der Waals surface area contributed by atoms with Crippen molar-refractivity contribution in [3.8, 4) is 11.5 Å². The van der Waals surface area contributed by atoms with Crippen molar-refractivity contribution in [2.24, 2.45) is 5.73 Å². The van der Waals surface area contributed by atoms with E-state index in [1.165, 1.54) is 24.1 Å². The van der Waals surface area contributed by atoms with E-state index in [4.69, 9.17) is 15.2 Å². The Morgan fingerprint density at radius 2 is 1.66 bits per heavy atom. The lowest BCUT2D eigenvalue weighted by molar-refractivity contribution is -0.121. The zero-order chi connectivity index (χ0) is 25.5. The minimum Gasteiger partial charge on any atom is -0.497 e. The molecule has 2 aromatic rings. The molecule has 0 atom stereocenters. The summed E-state index contributed by atoms with van der Waals surface area (Å²) >= 11 is 1.52. The Balaban J connectivity index is 1.52. The zero-order valence-corrected chi connectivity index (χ0v) is 21.5. The van der Waals surface area contributed by atoms with Crippen LogP contribution in [-0.4, -0.2) is 68.9 Å². The number of carbonyl (C=O) groups excluding carboxylic acids is 2. The molecule has 11 heteroatoms. The molecule has 1 fully saturated rings. The van der Waals surface area contributed by atoms with Crippen LogP contribution < -0.4 is 20.5 Å². The molecule has 1 aliphatic rings. The average molecular weight is 522 g/mol. The Bertz CT molecular complexity index is 1110. The van der Waals surface area contributed by atoms with Gasteiger partial charge < -0.3 is 20.5 Å². The quantitative estimate of drug-likeness (QED) is 0.340. The second kappa shape index (κ2) is 11.8. The number of nitrogens with two attached hydrogens (primary N) is 1. The van der Waals surface area contributed by atoms with Crippen molar-refractivity contribution in [3.05, 3.63) is 54.1 Å². The van der Waals surface area contributed by atoms with Crippen LogP contribution in [-0.2, 0) is 14.6 Å². The normalized spacial score (nSPS) is 15.8. The van der Waals surface area contributed by atoms with Crippen LogP contribution in [0.1, 0.15) is 29.6 Å². The number of primary amides is 1. The van der Waals surface area contributed by atoms with E-state index >= 15 is 0 Å². The van der Waals surface area contributed by atoms with Gasteiger partial charge in [-0.2, -0.15) is 0 Å². The molecule has 1 saturated heterocycles. The summed E-state index contributed by atoms with van der Waals surface area (Å²) in [5.41, 5.74) is 6.14. The Morgan fingerprint density at radius 3 is 2.20 bits per heavy atom. The predicted octanol–water partition coefficient (Wildman–Crippen LogP) is 2.27. The smallest absolute Gasteiger partial charge is 0.251 e. The molecule has 0 aliphatic carbocycles. The number of methoxy groups -OCH3 is 1. The zero-order valence-electron chi connectivity index (χ0n) is 19.9. The van der Waals surface area contributed by atoms with Crippen molar-refractivity contribution >= 4 is 33.6 Å². The van der Waals surface area contributed by atoms with Crippen LogP contribution in [0.25, 0.3) is 0 Å². The SMILES string of the molecule is COc1ccc(C(=O)NCCCOc2ccc(S(=O)(=O)C3(C(N)=O)CCN(SC)CC3)cc2)cc1. The van der Waals surface area contributed by atoms with Crippen molar-refractivity contribution in [2.45, 2.75) is 28.9 Å². The summed E-state index contributed by atoms with van der Waals surface area (Å²) in [6.07, 6.45) is 2.80. The van der Waals surface area contributed by atoms with Gasteiger partial charge in [-0.3, -0.25) is 13.9 Å². The number of nitrogens with zero attached hydrogens (tertiary/aromatic N) is 1. The van der Waals surface area contributed by atoms with Crippen LogP contribution >= 0.6 is 11.9 Å². The Kier molecular flexibility index (Phi) is 9.03. The number of benzene rings is 2. The van der Waals surface area contributed by atoms with E-state index in [0.717, 1.165) is 0 Å². The minimum absolute atomic E-state index is 0.0491. The van der Waals surface area contributed by atoms with Crippen molar-refractivity contribution in [2.75, 3.05) is 39.6 Å². The van der Waals surface area contributed by atoms with Crippen molar-refractivity contribution in [3.63, 3.8) is 0 Å². The molecule has 9 nitrogen and oxygen atoms in total. The van der Waals surface area contributed by atoms with Gasteiger partial charge >= 0.3 is 0 Å². The van der Waals surface area contributed by atoms with Crippen molar-refractivity contribution in [1.82, 2.24) is 9.62 Å². The summed E-state index contributed by atoms with van der Waals surface area (Å²) in [5, 5.41) is 2.82. The molecule has 1 aliphatic heterocycles. The highest BCUT2D eigenvalue weighted by atomic mass is 32.2. The van der Waals surface area contributed by atoms with E-state index in [1.807, 2.05) is 10.6 Å². The van der Waals surface area contributed by atoms with Gasteiger partial charge in [-0.15, -0.1) is 0 Å². The largest absolute Gasteiger partial charge is 0.497 e. The molecule has 0 saturated carbocycles. The van der Waals surface area contributed by atoms with Crippen LogP contribution in [0.15, 0.2) is 53.4 Å². The van der Waals surface area contributed by atoms with Gasteiger partial charge in [0.15, 0.2) is 14.6 Å². The summed E-state index contributed by atoms with van der Waals surface area (Å²) in [4.78, 5) is 24.5. The highest BCUT2D eigenvalue weighted by molar-refractivity contribution is 7.96. The molecule has 0 aromatic heterocycles. The number of carbonyl (C=O) groups is 2. The highest BCUT2D eigenvalue weighted by Crippen LogP contribution is 2.37. The number of ether oxygens (including phenoxy) is 2. The fourth-order valence-corrected chi connectivity index (χ4v) is 6.40. The lowest BCUT2D eigenvalue weighted by Crippen LogP contribution is -2.55. The number of piperidine rings is 1. The minimum atomic E-state index is -3.96. The van der Waals surface area contributed by atoms with E-state index in [1.54, 1.807) is 43.5 Å². The fourth-order valence-electron chi connectivity index (χ4n) is 3.93. The van der Waals surface area contributed by atoms with Crippen LogP contribution in [0.5, 0.6) is 11.5 Å². The monoisotopic (exact) mass is 521 g/mol. The standard InChI is InChI=1S/C24H31N3O6S2/c1-32-19-6-4-18(5-7-19)22(28)26-14-3-17-33-20-8-10-21(11-9-20)35(30,31)24(23(25)29)12-15-27(34-2)16-13-24/h4-11H,3,12-17H2,1-2H3,(H2,25,29)(H,26,28). The number of nitrogens with one attached hydrogen (secondary N) is 1. The number of hydrogen-bond donors (Lipinski definition) is 2. The van der Waals surface area contributed by atoms with Gasteiger partial charge in [0.1, 0.15) is 11.5 Å². The average Bonchev–Trinajstić information content (AvgIpc) is 2.88. The highest BCUT2D eigenvalue weighted by Gasteiger charge is 2.51. The molecular weight excluding hydrogens is 490 g/mol. The fraction of sp³-hybridized carbons (Fsp3) is 0.417. The van der Waals surface area contributed by atoms with E-state index in [9.17, 15) is 18.0 Å². The molecule has 190 valence electrons. The maximum atomic E-state index is 13.4. The summed E-state index contributed by atoms with van der Waals surface area (Å²) in [7, 11) is -2.40. The first-order valence-electron chi connectivity index (χ1n) is 11.2. The maximum Gasteiger partial charge on any atom is 0.251 e. The first-order chi connectivity index (χ1) is 16.7. The molecule has 0 spiro atoms. The summed E-state index contributed by atoms with van der Waals surface area (Å²) in [6.45, 7) is 1.70. The van der Waals surface area contributed by atoms with Gasteiger partial charge in [0.05, 0.1) is 18.6 Å². The lowest BCUT2D eigenvalue weighted by Gasteiger charge is -2.38. The molecule has 3 N–H and O–H groups in total. The first kappa shape index (κ1) is 26.8. The lowest BCUT2D eigenvalue weighted by atomic mass is 9.96. The van der Waals surface area contributed by atoms with Crippen molar-refractivity contribution in [1.29, 1.82) is 0 Å². The van der Waals surface area contributed by atoms with Gasteiger partial charge in [-0.1, -0.05) is 11.9 Å². The molecule has 0 radical (unpaired) electrons. The van der Waals surface area contributed by atoms with Crippen LogP contribution in [0.4, 0.5) is 0 Å². The molecule has 35 heavy (non-hydrogen) atoms. The predicted molar refractivity (Wildman–Crippen MR) is 135 cm³/mol. The first-order valence-corrected chi connectivity index (χ1v) is 13.9. The number of amides is 2. The molecule has 2 aromatic carbocycles. The van der Waals surface area contributed by atoms with Gasteiger partial charge in [0.25, 0.3) is 5.91 Å². The van der Waals surface area contributed by atoms with E-state index in [0.29, 0.717) is 49.7 Å². The van der Waals surface area contributed by atoms with E-state index in [2.05, 4.69) is 5.32 Å². The molecule has 2 amide bonds. The molecule has 0 unspecified atom stereocenters. The third-order valence-electron chi connectivity index (χ3n) is 6.11. The van der Waals surface area contributed by atoms with Gasteiger partial charge in [-0.25, -0.2) is 8.42 Å². The summed E-state index contributed by atoms with van der Waals surface area (Å²) in [6, 6.07) is 12.8. The van der Waals surface area contributed by atoms with Crippen molar-refractivity contribution < 1.29 is 27.5 Å². The number of sulfone groups is 1. The second-order valence-corrected chi connectivity index (χ2v) is 11.3. The van der Waals surface area contributed by atoms with Gasteiger partial charge in [0, 0.05) is 25.2 Å². The topological polar surface area (TPSA) is 128 Å². The third kappa shape index (κ3) is 6.09. The van der Waals surface area contributed by atoms with Gasteiger partial charge in [-0.05, 0) is 74.0 Å². The van der Waals surface area contributed by atoms with Crippen LogP contribution in [0.2, 0.25) is 0 Å². The van der Waals surface area contributed by atoms with Gasteiger partial charge in [0.2, 0.25) is 5.91 Å². The molecule has 0 bridgehead atoms. The summed E-state index contributed by atoms with van der Waals surface area (Å²) < 4.78 is 37.9. The maximum absolute atomic E-state index is 13.4. The molecular formula is C24H31N3O6S2. The second-order valence-electron chi connectivity index (χ2n) is 8.13.